The Morgan fingerprint density at radius 2 is 1.93 bits per heavy atom. The molecule has 1 aliphatic rings. The van der Waals surface area contributed by atoms with Gasteiger partial charge in [-0.25, -0.2) is 13.1 Å². The Balaban J connectivity index is 1.94. The number of fused-ring (bicyclic) bond motifs is 1. The lowest BCUT2D eigenvalue weighted by Crippen LogP contribution is -3.06. The van der Waals surface area contributed by atoms with E-state index in [1.165, 1.54) is 12.1 Å². The molecule has 2 aromatic carbocycles. The number of nitro benzene ring substituents is 1. The van der Waals surface area contributed by atoms with Gasteiger partial charge >= 0.3 is 0 Å². The second-order valence-corrected chi connectivity index (χ2v) is 8.56. The summed E-state index contributed by atoms with van der Waals surface area (Å²) < 4.78 is 27.4. The normalized spacial score (nSPS) is 13.8. The van der Waals surface area contributed by atoms with Crippen molar-refractivity contribution >= 4 is 27.1 Å². The molecule has 1 heterocycles. The van der Waals surface area contributed by atoms with Crippen LogP contribution in [0.15, 0.2) is 47.4 Å². The molecule has 0 radical (unpaired) electrons. The van der Waals surface area contributed by atoms with E-state index in [1.54, 1.807) is 0 Å². The van der Waals surface area contributed by atoms with Crippen LogP contribution in [0.4, 0.5) is 17.1 Å². The van der Waals surface area contributed by atoms with Gasteiger partial charge in [-0.1, -0.05) is 18.2 Å². The minimum absolute atomic E-state index is 0.0980. The van der Waals surface area contributed by atoms with E-state index >= 15 is 0 Å². The van der Waals surface area contributed by atoms with Crippen molar-refractivity contribution < 1.29 is 18.2 Å². The van der Waals surface area contributed by atoms with Crippen LogP contribution in [0.5, 0.6) is 0 Å². The molecule has 0 unspecified atom stereocenters. The van der Waals surface area contributed by atoms with E-state index < -0.39 is 14.9 Å². The lowest BCUT2D eigenvalue weighted by molar-refractivity contribution is -0.856. The Labute approximate surface area is 158 Å². The number of hydrogen-bond acceptors (Lipinski definition) is 5. The summed E-state index contributed by atoms with van der Waals surface area (Å²) in [5.41, 5.74) is 2.23. The molecule has 3 rings (SSSR count). The van der Waals surface area contributed by atoms with Crippen molar-refractivity contribution in [2.75, 3.05) is 38.6 Å². The predicted molar refractivity (Wildman–Crippen MR) is 103 cm³/mol. The van der Waals surface area contributed by atoms with Crippen LogP contribution in [-0.4, -0.2) is 47.1 Å². The molecule has 2 aromatic rings. The van der Waals surface area contributed by atoms with Crippen LogP contribution in [0.3, 0.4) is 0 Å². The molecule has 1 aliphatic heterocycles. The molecule has 8 nitrogen and oxygen atoms in total. The largest absolute Gasteiger partial charge is 0.339 e. The molecular formula is C18H23N4O4S+. The third kappa shape index (κ3) is 4.10. The van der Waals surface area contributed by atoms with E-state index in [9.17, 15) is 18.5 Å². The lowest BCUT2D eigenvalue weighted by atomic mass is 10.2. The molecule has 9 heteroatoms. The van der Waals surface area contributed by atoms with Gasteiger partial charge in [-0.15, -0.1) is 0 Å². The van der Waals surface area contributed by atoms with Crippen LogP contribution < -0.4 is 14.5 Å². The molecule has 2 N–H and O–H groups in total. The smallest absolute Gasteiger partial charge is 0.294 e. The van der Waals surface area contributed by atoms with E-state index in [4.69, 9.17) is 0 Å². The zero-order valence-corrected chi connectivity index (χ0v) is 16.1. The molecule has 27 heavy (non-hydrogen) atoms. The number of likely N-dealkylation sites (N-methyl/N-ethyl adjacent to an activating group) is 1. The summed E-state index contributed by atoms with van der Waals surface area (Å²) in [6.07, 6.45) is 0.793. The summed E-state index contributed by atoms with van der Waals surface area (Å²) in [4.78, 5) is 14.0. The summed E-state index contributed by atoms with van der Waals surface area (Å²) in [6, 6.07) is 11.8. The minimum atomic E-state index is -3.80. The fraction of sp³-hybridized carbons (Fsp3) is 0.333. The van der Waals surface area contributed by atoms with Crippen molar-refractivity contribution in [3.63, 3.8) is 0 Å². The number of sulfonamides is 1. The average Bonchev–Trinajstić information content (AvgIpc) is 3.04. The van der Waals surface area contributed by atoms with Gasteiger partial charge < -0.3 is 9.80 Å². The Bertz CT molecular complexity index is 960. The quantitative estimate of drug-likeness (QED) is 0.535. The van der Waals surface area contributed by atoms with E-state index in [0.717, 1.165) is 28.6 Å². The first-order valence-electron chi connectivity index (χ1n) is 8.72. The van der Waals surface area contributed by atoms with Crippen LogP contribution in [0.1, 0.15) is 5.56 Å². The van der Waals surface area contributed by atoms with E-state index in [1.807, 2.05) is 43.3 Å². The van der Waals surface area contributed by atoms with E-state index in [2.05, 4.69) is 4.72 Å². The van der Waals surface area contributed by atoms with Gasteiger partial charge in [0, 0.05) is 18.3 Å². The highest BCUT2D eigenvalue weighted by Gasteiger charge is 2.28. The second kappa shape index (κ2) is 7.63. The summed E-state index contributed by atoms with van der Waals surface area (Å²) in [5, 5.41) is 11.6. The monoisotopic (exact) mass is 391 g/mol. The summed E-state index contributed by atoms with van der Waals surface area (Å²) in [7, 11) is 0.0379. The molecule has 0 atom stereocenters. The standard InChI is InChI=1S/C18H22N4O4S/c1-20(2)12-10-19-27(25,26)15-7-8-17(18(13-15)22(23)24)21-11-9-14-5-3-4-6-16(14)21/h3-8,13,19H,9-12H2,1-2H3/p+1. The van der Waals surface area contributed by atoms with Crippen LogP contribution >= 0.6 is 0 Å². The van der Waals surface area contributed by atoms with Crippen molar-refractivity contribution in [1.82, 2.24) is 4.72 Å². The number of quaternary nitrogens is 1. The number of nitro groups is 1. The summed E-state index contributed by atoms with van der Waals surface area (Å²) >= 11 is 0. The first-order chi connectivity index (χ1) is 12.8. The summed E-state index contributed by atoms with van der Waals surface area (Å²) in [5.74, 6) is 0. The van der Waals surface area contributed by atoms with E-state index in [-0.39, 0.29) is 17.1 Å². The topological polar surface area (TPSA) is 97.0 Å². The highest BCUT2D eigenvalue weighted by molar-refractivity contribution is 7.89. The second-order valence-electron chi connectivity index (χ2n) is 6.79. The number of para-hydroxylation sites is 1. The maximum absolute atomic E-state index is 12.5. The Morgan fingerprint density at radius 3 is 2.63 bits per heavy atom. The highest BCUT2D eigenvalue weighted by atomic mass is 32.2. The fourth-order valence-electron chi connectivity index (χ4n) is 3.15. The highest BCUT2D eigenvalue weighted by Crippen LogP contribution is 2.39. The molecular weight excluding hydrogens is 368 g/mol. The Hall–Kier alpha value is -2.49. The van der Waals surface area contributed by atoms with Crippen LogP contribution in [0.25, 0.3) is 0 Å². The van der Waals surface area contributed by atoms with Crippen LogP contribution in [0, 0.1) is 10.1 Å². The van der Waals surface area contributed by atoms with Crippen molar-refractivity contribution in [3.8, 4) is 0 Å². The van der Waals surface area contributed by atoms with Crippen molar-refractivity contribution in [2.24, 2.45) is 0 Å². The predicted octanol–water partition coefficient (Wildman–Crippen LogP) is 0.712. The molecule has 0 fully saturated rings. The van der Waals surface area contributed by atoms with Crippen molar-refractivity contribution in [3.05, 3.63) is 58.1 Å². The van der Waals surface area contributed by atoms with Gasteiger partial charge in [-0.2, -0.15) is 0 Å². The van der Waals surface area contributed by atoms with E-state index in [0.29, 0.717) is 18.8 Å². The SMILES string of the molecule is C[NH+](C)CCNS(=O)(=O)c1ccc(N2CCc3ccccc32)c([N+](=O)[O-])c1. The minimum Gasteiger partial charge on any atom is -0.339 e. The number of rotatable bonds is 7. The van der Waals surface area contributed by atoms with Gasteiger partial charge in [-0.05, 0) is 30.2 Å². The van der Waals surface area contributed by atoms with Gasteiger partial charge in [0.25, 0.3) is 5.69 Å². The summed E-state index contributed by atoms with van der Waals surface area (Å²) in [6.45, 7) is 1.50. The van der Waals surface area contributed by atoms with Crippen LogP contribution in [-0.2, 0) is 16.4 Å². The average molecular weight is 391 g/mol. The number of nitrogens with zero attached hydrogens (tertiary/aromatic N) is 2. The van der Waals surface area contributed by atoms with Gasteiger partial charge in [0.05, 0.1) is 37.0 Å². The van der Waals surface area contributed by atoms with Gasteiger partial charge in [0.15, 0.2) is 0 Å². The molecule has 0 bridgehead atoms. The molecule has 0 spiro atoms. The maximum Gasteiger partial charge on any atom is 0.294 e. The molecule has 0 aromatic heterocycles. The molecule has 0 aliphatic carbocycles. The van der Waals surface area contributed by atoms with Gasteiger partial charge in [0.1, 0.15) is 5.69 Å². The number of hydrogen-bond donors (Lipinski definition) is 2. The first kappa shape index (κ1) is 19.3. The van der Waals surface area contributed by atoms with Crippen molar-refractivity contribution in [1.29, 1.82) is 0 Å². The lowest BCUT2D eigenvalue weighted by Gasteiger charge is -2.20. The van der Waals surface area contributed by atoms with Gasteiger partial charge in [0.2, 0.25) is 10.0 Å². The maximum atomic E-state index is 12.5. The third-order valence-corrected chi connectivity index (χ3v) is 6.01. The molecule has 0 saturated heterocycles. The number of nitrogens with one attached hydrogen (secondary N) is 2. The zero-order chi connectivity index (χ0) is 19.6. The number of benzene rings is 2. The Morgan fingerprint density at radius 1 is 1.19 bits per heavy atom. The number of anilines is 2. The zero-order valence-electron chi connectivity index (χ0n) is 15.3. The fourth-order valence-corrected chi connectivity index (χ4v) is 4.20. The first-order valence-corrected chi connectivity index (χ1v) is 10.2. The molecule has 0 saturated carbocycles. The Kier molecular flexibility index (Phi) is 5.45. The molecule has 0 amide bonds. The van der Waals surface area contributed by atoms with Gasteiger partial charge in [-0.3, -0.25) is 10.1 Å². The van der Waals surface area contributed by atoms with Crippen molar-refractivity contribution in [2.45, 2.75) is 11.3 Å². The van der Waals surface area contributed by atoms with Crippen LogP contribution in [0.2, 0.25) is 0 Å². The molecule has 144 valence electrons. The third-order valence-electron chi connectivity index (χ3n) is 4.55.